The Balaban J connectivity index is 1.63. The van der Waals surface area contributed by atoms with E-state index in [-0.39, 0.29) is 6.04 Å². The monoisotopic (exact) mass is 341 g/mol. The van der Waals surface area contributed by atoms with E-state index in [1.54, 1.807) is 5.01 Å². The van der Waals surface area contributed by atoms with Crippen molar-refractivity contribution in [2.24, 2.45) is 0 Å². The summed E-state index contributed by atoms with van der Waals surface area (Å²) < 4.78 is 2.42. The maximum Gasteiger partial charge on any atom is 0.103 e. The van der Waals surface area contributed by atoms with Crippen LogP contribution in [-0.2, 0) is 13.0 Å². The molecule has 2 atom stereocenters. The third-order valence-electron chi connectivity index (χ3n) is 6.72. The fourth-order valence-corrected chi connectivity index (χ4v) is 5.54. The molecule has 2 aromatic rings. The third kappa shape index (κ3) is 2.45. The average molecular weight is 341 g/mol. The van der Waals surface area contributed by atoms with Crippen molar-refractivity contribution < 1.29 is 10.5 Å². The minimum absolute atomic E-state index is 0.0560. The van der Waals surface area contributed by atoms with Gasteiger partial charge in [-0.1, -0.05) is 25.3 Å². The van der Waals surface area contributed by atoms with E-state index in [0.29, 0.717) is 6.54 Å². The molecule has 134 valence electrons. The summed E-state index contributed by atoms with van der Waals surface area (Å²) in [7, 11) is 0. The highest BCUT2D eigenvalue weighted by atomic mass is 16.8. The largest absolute Gasteiger partial charge is 0.579 e. The molecule has 0 radical (unpaired) electrons. The van der Waals surface area contributed by atoms with E-state index in [0.717, 1.165) is 31.7 Å². The molecule has 5 heteroatoms. The zero-order chi connectivity index (χ0) is 17.0. The quantitative estimate of drug-likeness (QED) is 0.826. The van der Waals surface area contributed by atoms with Gasteiger partial charge in [0.05, 0.1) is 6.54 Å². The molecule has 1 fully saturated rings. The van der Waals surface area contributed by atoms with E-state index in [1.807, 2.05) is 0 Å². The zero-order valence-electron chi connectivity index (χ0n) is 14.7. The number of hydrogen-bond donors (Lipinski definition) is 2. The molecule has 2 aliphatic carbocycles. The first-order chi connectivity index (χ1) is 12.2. The van der Waals surface area contributed by atoms with Crippen molar-refractivity contribution in [3.8, 4) is 0 Å². The smallest absolute Gasteiger partial charge is 0.103 e. The lowest BCUT2D eigenvalue weighted by atomic mass is 9.83. The van der Waals surface area contributed by atoms with Crippen molar-refractivity contribution in [2.75, 3.05) is 6.54 Å². The van der Waals surface area contributed by atoms with Gasteiger partial charge in [-0.2, -0.15) is 5.21 Å². The van der Waals surface area contributed by atoms with Gasteiger partial charge in [-0.25, -0.2) is 0 Å². The predicted molar refractivity (Wildman–Crippen MR) is 96.3 cm³/mol. The molecule has 1 saturated carbocycles. The lowest BCUT2D eigenvalue weighted by molar-refractivity contribution is -1.15. The Morgan fingerprint density at radius 1 is 1.04 bits per heavy atom. The number of hydrogen-bond acceptors (Lipinski definition) is 3. The van der Waals surface area contributed by atoms with Crippen LogP contribution in [0, 0.1) is 5.21 Å². The van der Waals surface area contributed by atoms with Crippen LogP contribution < -0.4 is 5.34 Å². The van der Waals surface area contributed by atoms with E-state index in [9.17, 15) is 10.4 Å². The minimum atomic E-state index is -0.766. The summed E-state index contributed by atoms with van der Waals surface area (Å²) >= 11 is 0. The van der Waals surface area contributed by atoms with Crippen molar-refractivity contribution in [3.05, 3.63) is 40.2 Å². The first-order valence-corrected chi connectivity index (χ1v) is 9.88. The molecule has 0 spiro atoms. The molecule has 5 rings (SSSR count). The van der Waals surface area contributed by atoms with Gasteiger partial charge in [0.2, 0.25) is 0 Å². The van der Waals surface area contributed by atoms with Crippen molar-refractivity contribution in [2.45, 2.75) is 69.9 Å². The highest BCUT2D eigenvalue weighted by Gasteiger charge is 2.38. The summed E-state index contributed by atoms with van der Waals surface area (Å²) in [6, 6.07) is 7.15. The molecule has 1 aromatic heterocycles. The Morgan fingerprint density at radius 2 is 1.88 bits per heavy atom. The first kappa shape index (κ1) is 15.8. The normalized spacial score (nSPS) is 25.9. The molecule has 1 aromatic carbocycles. The maximum absolute atomic E-state index is 11.7. The summed E-state index contributed by atoms with van der Waals surface area (Å²) in [5, 5.41) is 23.5. The van der Waals surface area contributed by atoms with Crippen LogP contribution in [0.15, 0.2) is 18.2 Å². The SMILES string of the molecule is [O-][NH+](O)N1CCn2c3c(c4cc(C5CCCCC5)ccc42)CCC[C@@H]31. The van der Waals surface area contributed by atoms with Crippen LogP contribution in [0.2, 0.25) is 0 Å². The van der Waals surface area contributed by atoms with Gasteiger partial charge in [0.1, 0.15) is 6.04 Å². The first-order valence-electron chi connectivity index (χ1n) is 9.88. The van der Waals surface area contributed by atoms with Gasteiger partial charge in [0, 0.05) is 23.1 Å². The summed E-state index contributed by atoms with van der Waals surface area (Å²) in [5.41, 5.74) is 5.54. The number of aryl methyl sites for hydroxylation is 1. The van der Waals surface area contributed by atoms with E-state index in [2.05, 4.69) is 22.8 Å². The second-order valence-electron chi connectivity index (χ2n) is 8.01. The van der Waals surface area contributed by atoms with Gasteiger partial charge < -0.3 is 9.77 Å². The molecular formula is C20H27N3O2. The molecule has 0 saturated heterocycles. The number of rotatable bonds is 2. The van der Waals surface area contributed by atoms with Gasteiger partial charge in [-0.15, -0.1) is 10.3 Å². The fraction of sp³-hybridized carbons (Fsp3) is 0.600. The molecule has 2 heterocycles. The molecule has 3 aliphatic rings. The van der Waals surface area contributed by atoms with E-state index in [1.165, 1.54) is 59.8 Å². The number of quaternary nitrogens is 1. The number of benzene rings is 1. The van der Waals surface area contributed by atoms with Crippen LogP contribution in [0.1, 0.15) is 73.7 Å². The Labute approximate surface area is 148 Å². The third-order valence-corrected chi connectivity index (χ3v) is 6.72. The summed E-state index contributed by atoms with van der Waals surface area (Å²) in [6.07, 6.45) is 9.90. The lowest BCUT2D eigenvalue weighted by Gasteiger charge is -2.40. The molecule has 0 amide bonds. The number of nitrogens with one attached hydrogen (secondary N) is 1. The molecule has 1 aliphatic heterocycles. The average Bonchev–Trinajstić information content (AvgIpc) is 2.98. The molecule has 2 N–H and O–H groups in total. The van der Waals surface area contributed by atoms with Crippen molar-refractivity contribution in [1.29, 1.82) is 0 Å². The van der Waals surface area contributed by atoms with Gasteiger partial charge in [0.15, 0.2) is 0 Å². The number of nitrogens with zero attached hydrogens (tertiary/aromatic N) is 2. The topological polar surface area (TPSA) is 55.9 Å². The van der Waals surface area contributed by atoms with Crippen LogP contribution in [0.5, 0.6) is 0 Å². The standard InChI is InChI=1S/C20H27N3O2/c24-23(25)22-12-11-21-18-10-9-15(14-5-2-1-3-6-14)13-17(18)16-7-4-8-19(22)20(16)21/h9-10,13-14,19,23-24H,1-8,11-12H2/t19-/m0/s1. The Morgan fingerprint density at radius 3 is 2.68 bits per heavy atom. The van der Waals surface area contributed by atoms with Crippen molar-refractivity contribution in [3.63, 3.8) is 0 Å². The summed E-state index contributed by atoms with van der Waals surface area (Å²) in [5.74, 6) is 0.720. The van der Waals surface area contributed by atoms with Crippen molar-refractivity contribution >= 4 is 10.9 Å². The summed E-state index contributed by atoms with van der Waals surface area (Å²) in [6.45, 7) is 1.40. The fourth-order valence-electron chi connectivity index (χ4n) is 5.54. The van der Waals surface area contributed by atoms with Gasteiger partial charge >= 0.3 is 0 Å². The van der Waals surface area contributed by atoms with Gasteiger partial charge in [-0.3, -0.25) is 0 Å². The van der Waals surface area contributed by atoms with E-state index in [4.69, 9.17) is 0 Å². The molecule has 1 unspecified atom stereocenters. The molecule has 25 heavy (non-hydrogen) atoms. The number of aromatic nitrogens is 1. The van der Waals surface area contributed by atoms with Crippen molar-refractivity contribution in [1.82, 2.24) is 9.58 Å². The van der Waals surface area contributed by atoms with Gasteiger partial charge in [-0.05, 0) is 61.3 Å². The Hall–Kier alpha value is -1.40. The Kier molecular flexibility index (Phi) is 3.86. The second kappa shape index (κ2) is 6.09. The highest BCUT2D eigenvalue weighted by molar-refractivity contribution is 5.87. The molecule has 0 bridgehead atoms. The van der Waals surface area contributed by atoms with Crippen LogP contribution in [-0.4, -0.2) is 21.3 Å². The van der Waals surface area contributed by atoms with Crippen LogP contribution in [0.25, 0.3) is 10.9 Å². The molecule has 5 nitrogen and oxygen atoms in total. The number of fused-ring (bicyclic) bond motifs is 3. The highest BCUT2D eigenvalue weighted by Crippen LogP contribution is 2.43. The predicted octanol–water partition coefficient (Wildman–Crippen LogP) is 3.07. The van der Waals surface area contributed by atoms with Crippen LogP contribution in [0.4, 0.5) is 0 Å². The van der Waals surface area contributed by atoms with E-state index >= 15 is 0 Å². The lowest BCUT2D eigenvalue weighted by Crippen LogP contribution is -3.12. The van der Waals surface area contributed by atoms with E-state index < -0.39 is 5.34 Å². The molecular weight excluding hydrogens is 314 g/mol. The summed E-state index contributed by atoms with van der Waals surface area (Å²) in [4.78, 5) is 0. The second-order valence-corrected chi connectivity index (χ2v) is 8.01. The van der Waals surface area contributed by atoms with Gasteiger partial charge in [0.25, 0.3) is 0 Å². The maximum atomic E-state index is 11.7. The zero-order valence-corrected chi connectivity index (χ0v) is 14.7. The van der Waals surface area contributed by atoms with Crippen LogP contribution >= 0.6 is 0 Å². The minimum Gasteiger partial charge on any atom is -0.579 e. The Bertz CT molecular complexity index is 792. The van der Waals surface area contributed by atoms with Crippen LogP contribution in [0.3, 0.4) is 0 Å².